The van der Waals surface area contributed by atoms with Crippen LogP contribution in [0.2, 0.25) is 0 Å². The summed E-state index contributed by atoms with van der Waals surface area (Å²) in [4.78, 5) is 7.06. The number of hydrogen-bond donors (Lipinski definition) is 2. The number of nitrogens with two attached hydrogens (primary N) is 1. The average Bonchev–Trinajstić information content (AvgIpc) is 3.00. The summed E-state index contributed by atoms with van der Waals surface area (Å²) in [7, 11) is -3.32. The van der Waals surface area contributed by atoms with Crippen LogP contribution in [0.5, 0.6) is 0 Å². The summed E-state index contributed by atoms with van der Waals surface area (Å²) in [5, 5.41) is 2.90. The maximum absolute atomic E-state index is 12.2. The summed E-state index contributed by atoms with van der Waals surface area (Å²) in [6, 6.07) is 7.07. The standard InChI is InChI=1S/C16H25BrN4O2S.HI/c1-2-21-10-3-4-14(21)12-20-16(18)19-9-11-24(22,23)15-7-5-13(17)6-8-15;/h5-8,14H,2-4,9-12H2,1H3,(H3,18,19,20);1H. The molecule has 0 aliphatic carbocycles. The van der Waals surface area contributed by atoms with Gasteiger partial charge in [-0.2, -0.15) is 0 Å². The quantitative estimate of drug-likeness (QED) is 0.312. The number of aliphatic imine (C=N–C) groups is 1. The molecule has 1 aromatic carbocycles. The van der Waals surface area contributed by atoms with Gasteiger partial charge in [-0.05, 0) is 50.2 Å². The van der Waals surface area contributed by atoms with Gasteiger partial charge in [0.05, 0.1) is 17.2 Å². The monoisotopic (exact) mass is 544 g/mol. The van der Waals surface area contributed by atoms with E-state index >= 15 is 0 Å². The molecule has 6 nitrogen and oxygen atoms in total. The number of nitrogens with one attached hydrogen (secondary N) is 1. The molecule has 1 heterocycles. The van der Waals surface area contributed by atoms with Crippen LogP contribution in [0.25, 0.3) is 0 Å². The highest BCUT2D eigenvalue weighted by Crippen LogP contribution is 2.17. The molecule has 2 rings (SSSR count). The van der Waals surface area contributed by atoms with Crippen molar-refractivity contribution in [3.8, 4) is 0 Å². The van der Waals surface area contributed by atoms with Crippen LogP contribution in [0.1, 0.15) is 19.8 Å². The number of hydrogen-bond acceptors (Lipinski definition) is 4. The first-order valence-corrected chi connectivity index (χ1v) is 10.6. The van der Waals surface area contributed by atoms with E-state index in [1.54, 1.807) is 24.3 Å². The van der Waals surface area contributed by atoms with Gasteiger partial charge in [-0.3, -0.25) is 9.89 Å². The maximum atomic E-state index is 12.2. The van der Waals surface area contributed by atoms with Crippen molar-refractivity contribution < 1.29 is 8.42 Å². The van der Waals surface area contributed by atoms with E-state index in [-0.39, 0.29) is 36.3 Å². The summed E-state index contributed by atoms with van der Waals surface area (Å²) >= 11 is 3.30. The second kappa shape index (κ2) is 10.7. The number of halogens is 2. The lowest BCUT2D eigenvalue weighted by Crippen LogP contribution is -2.37. The van der Waals surface area contributed by atoms with E-state index in [0.717, 1.165) is 24.0 Å². The summed E-state index contributed by atoms with van der Waals surface area (Å²) in [6.45, 7) is 5.20. The number of rotatable bonds is 7. The van der Waals surface area contributed by atoms with Crippen LogP contribution in [0, 0.1) is 0 Å². The second-order valence-electron chi connectivity index (χ2n) is 5.85. The molecule has 0 aromatic heterocycles. The van der Waals surface area contributed by atoms with Gasteiger partial charge in [0.2, 0.25) is 0 Å². The number of nitrogens with zero attached hydrogens (tertiary/aromatic N) is 2. The summed E-state index contributed by atoms with van der Waals surface area (Å²) in [5.74, 6) is 0.291. The molecule has 1 saturated heterocycles. The molecule has 0 spiro atoms. The molecule has 25 heavy (non-hydrogen) atoms. The third-order valence-electron chi connectivity index (χ3n) is 4.23. The lowest BCUT2D eigenvalue weighted by Gasteiger charge is -2.20. The van der Waals surface area contributed by atoms with Gasteiger partial charge >= 0.3 is 0 Å². The molecule has 1 aliphatic heterocycles. The minimum atomic E-state index is -3.32. The third-order valence-corrected chi connectivity index (χ3v) is 6.49. The lowest BCUT2D eigenvalue weighted by atomic mass is 10.2. The van der Waals surface area contributed by atoms with E-state index in [0.29, 0.717) is 23.4 Å². The SMILES string of the molecule is CCN1CCCC1CN=C(N)NCCS(=O)(=O)c1ccc(Br)cc1.I. The predicted molar refractivity (Wildman–Crippen MR) is 116 cm³/mol. The van der Waals surface area contributed by atoms with E-state index in [1.165, 1.54) is 6.42 Å². The normalized spacial score (nSPS) is 18.8. The van der Waals surface area contributed by atoms with Gasteiger partial charge in [-0.25, -0.2) is 8.42 Å². The van der Waals surface area contributed by atoms with E-state index < -0.39 is 9.84 Å². The van der Waals surface area contributed by atoms with Crippen molar-refractivity contribution >= 4 is 55.7 Å². The van der Waals surface area contributed by atoms with Crippen molar-refractivity contribution in [3.63, 3.8) is 0 Å². The molecular weight excluding hydrogens is 519 g/mol. The zero-order chi connectivity index (χ0) is 17.6. The minimum absolute atomic E-state index is 0. The Morgan fingerprint density at radius 1 is 1.40 bits per heavy atom. The highest BCUT2D eigenvalue weighted by molar-refractivity contribution is 14.0. The van der Waals surface area contributed by atoms with Crippen LogP contribution in [-0.2, 0) is 9.84 Å². The zero-order valence-electron chi connectivity index (χ0n) is 14.3. The Morgan fingerprint density at radius 3 is 2.72 bits per heavy atom. The first-order valence-electron chi connectivity index (χ1n) is 8.18. The molecular formula is C16H26BrIN4O2S. The van der Waals surface area contributed by atoms with Crippen LogP contribution < -0.4 is 11.1 Å². The first-order chi connectivity index (χ1) is 11.4. The summed E-state index contributed by atoms with van der Waals surface area (Å²) < 4.78 is 25.3. The Bertz CT molecular complexity index is 667. The summed E-state index contributed by atoms with van der Waals surface area (Å²) in [5.41, 5.74) is 5.85. The topological polar surface area (TPSA) is 87.8 Å². The van der Waals surface area contributed by atoms with Gasteiger partial charge in [0.25, 0.3) is 0 Å². The fourth-order valence-corrected chi connectivity index (χ4v) is 4.27. The van der Waals surface area contributed by atoms with Crippen molar-refractivity contribution in [1.29, 1.82) is 0 Å². The van der Waals surface area contributed by atoms with Crippen molar-refractivity contribution in [3.05, 3.63) is 28.7 Å². The maximum Gasteiger partial charge on any atom is 0.188 e. The van der Waals surface area contributed by atoms with Crippen molar-refractivity contribution in [2.75, 3.05) is 31.9 Å². The van der Waals surface area contributed by atoms with Crippen molar-refractivity contribution in [1.82, 2.24) is 10.2 Å². The molecule has 0 radical (unpaired) electrons. The average molecular weight is 545 g/mol. The molecule has 3 N–H and O–H groups in total. The van der Waals surface area contributed by atoms with Gasteiger partial charge in [0.15, 0.2) is 15.8 Å². The van der Waals surface area contributed by atoms with Gasteiger partial charge in [0.1, 0.15) is 0 Å². The predicted octanol–water partition coefficient (Wildman–Crippen LogP) is 2.23. The van der Waals surface area contributed by atoms with Crippen LogP contribution >= 0.6 is 39.9 Å². The molecule has 0 saturated carbocycles. The number of likely N-dealkylation sites (N-methyl/N-ethyl adjacent to an activating group) is 1. The molecule has 1 fully saturated rings. The van der Waals surface area contributed by atoms with E-state index in [2.05, 4.69) is 38.1 Å². The molecule has 142 valence electrons. The Hall–Kier alpha value is -0.390. The highest BCUT2D eigenvalue weighted by atomic mass is 127. The smallest absolute Gasteiger partial charge is 0.188 e. The largest absolute Gasteiger partial charge is 0.370 e. The first kappa shape index (κ1) is 22.7. The van der Waals surface area contributed by atoms with Gasteiger partial charge in [0, 0.05) is 17.1 Å². The molecule has 0 bridgehead atoms. The molecule has 1 atom stereocenters. The molecule has 9 heteroatoms. The van der Waals surface area contributed by atoms with E-state index in [9.17, 15) is 8.42 Å². The fourth-order valence-electron chi connectivity index (χ4n) is 2.85. The number of guanidine groups is 1. The Morgan fingerprint density at radius 2 is 2.08 bits per heavy atom. The number of likely N-dealkylation sites (tertiary alicyclic amines) is 1. The molecule has 0 amide bonds. The van der Waals surface area contributed by atoms with Crippen LogP contribution in [-0.4, -0.2) is 57.3 Å². The van der Waals surface area contributed by atoms with Crippen LogP contribution in [0.15, 0.2) is 38.6 Å². The van der Waals surface area contributed by atoms with Crippen LogP contribution in [0.4, 0.5) is 0 Å². The Kier molecular flexibility index (Phi) is 9.68. The zero-order valence-corrected chi connectivity index (χ0v) is 19.1. The van der Waals surface area contributed by atoms with Gasteiger partial charge in [-0.15, -0.1) is 24.0 Å². The third kappa shape index (κ3) is 7.03. The second-order valence-corrected chi connectivity index (χ2v) is 8.87. The minimum Gasteiger partial charge on any atom is -0.370 e. The molecule has 1 aliphatic rings. The van der Waals surface area contributed by atoms with Crippen molar-refractivity contribution in [2.45, 2.75) is 30.7 Å². The lowest BCUT2D eigenvalue weighted by molar-refractivity contribution is 0.273. The highest BCUT2D eigenvalue weighted by Gasteiger charge is 2.22. The van der Waals surface area contributed by atoms with Gasteiger partial charge in [-0.1, -0.05) is 22.9 Å². The van der Waals surface area contributed by atoms with E-state index in [4.69, 9.17) is 5.73 Å². The number of sulfone groups is 1. The van der Waals surface area contributed by atoms with E-state index in [1.807, 2.05) is 0 Å². The van der Waals surface area contributed by atoms with Crippen molar-refractivity contribution in [2.24, 2.45) is 10.7 Å². The Balaban J connectivity index is 0.00000312. The van der Waals surface area contributed by atoms with Crippen LogP contribution in [0.3, 0.4) is 0 Å². The van der Waals surface area contributed by atoms with Gasteiger partial charge < -0.3 is 11.1 Å². The fraction of sp³-hybridized carbons (Fsp3) is 0.562. The number of benzene rings is 1. The molecule has 1 aromatic rings. The molecule has 1 unspecified atom stereocenters. The Labute approximate surface area is 175 Å². The summed E-state index contributed by atoms with van der Waals surface area (Å²) in [6.07, 6.45) is 2.34.